The lowest BCUT2D eigenvalue weighted by molar-refractivity contribution is 0.0951. The van der Waals surface area contributed by atoms with Crippen molar-refractivity contribution in [2.45, 2.75) is 13.0 Å². The van der Waals surface area contributed by atoms with Gasteiger partial charge in [0.2, 0.25) is 0 Å². The summed E-state index contributed by atoms with van der Waals surface area (Å²) in [6.45, 7) is 4.57. The van der Waals surface area contributed by atoms with Crippen LogP contribution in [0.1, 0.15) is 16.8 Å². The summed E-state index contributed by atoms with van der Waals surface area (Å²) >= 11 is 0. The Morgan fingerprint density at radius 1 is 1.26 bits per heavy atom. The number of carbonyl (C=O) groups excluding carboxylic acids is 1. The molecule has 6 nitrogen and oxygen atoms in total. The predicted molar refractivity (Wildman–Crippen MR) is 88.7 cm³/mol. The van der Waals surface area contributed by atoms with E-state index in [-0.39, 0.29) is 5.91 Å². The largest absolute Gasteiger partial charge is 0.378 e. The molecule has 6 heteroatoms. The molecule has 1 amide bonds. The smallest absolute Gasteiger partial charge is 0.253 e. The highest BCUT2D eigenvalue weighted by Crippen LogP contribution is 2.21. The maximum Gasteiger partial charge on any atom is 0.253 e. The highest BCUT2D eigenvalue weighted by molar-refractivity contribution is 5.99. The van der Waals surface area contributed by atoms with Gasteiger partial charge in [-0.05, 0) is 18.6 Å². The van der Waals surface area contributed by atoms with Gasteiger partial charge in [-0.25, -0.2) is 4.98 Å². The van der Waals surface area contributed by atoms with Crippen molar-refractivity contribution in [3.8, 4) is 0 Å². The molecule has 1 N–H and O–H groups in total. The number of imidazole rings is 1. The van der Waals surface area contributed by atoms with Crippen molar-refractivity contribution in [3.05, 3.63) is 48.5 Å². The SMILES string of the molecule is O=C(NCCCn1ccnc1)c1ccccc1N1CCOCC1. The first-order valence-electron chi connectivity index (χ1n) is 8.00. The van der Waals surface area contributed by atoms with Crippen LogP contribution in [0.25, 0.3) is 0 Å². The highest BCUT2D eigenvalue weighted by atomic mass is 16.5. The van der Waals surface area contributed by atoms with Gasteiger partial charge in [0.25, 0.3) is 5.91 Å². The van der Waals surface area contributed by atoms with E-state index in [4.69, 9.17) is 4.74 Å². The predicted octanol–water partition coefficient (Wildman–Crippen LogP) is 1.54. The van der Waals surface area contributed by atoms with Gasteiger partial charge in [-0.3, -0.25) is 4.79 Å². The number of amides is 1. The van der Waals surface area contributed by atoms with E-state index in [0.717, 1.165) is 37.3 Å². The number of nitrogens with one attached hydrogen (secondary N) is 1. The first-order chi connectivity index (χ1) is 11.3. The molecule has 0 unspecified atom stereocenters. The van der Waals surface area contributed by atoms with E-state index < -0.39 is 0 Å². The molecule has 0 spiro atoms. The number of hydrogen-bond acceptors (Lipinski definition) is 4. The fraction of sp³-hybridized carbons (Fsp3) is 0.412. The summed E-state index contributed by atoms with van der Waals surface area (Å²) in [6.07, 6.45) is 6.35. The standard InChI is InChI=1S/C17H22N4O2/c22-17(19-6-3-8-20-9-7-18-14-20)15-4-1-2-5-16(15)21-10-12-23-13-11-21/h1-2,4-5,7,9,14H,3,6,8,10-13H2,(H,19,22). The number of carbonyl (C=O) groups is 1. The van der Waals surface area contributed by atoms with Crippen LogP contribution in [0.4, 0.5) is 5.69 Å². The Kier molecular flexibility index (Phi) is 5.26. The second kappa shape index (κ2) is 7.78. The van der Waals surface area contributed by atoms with E-state index in [2.05, 4.69) is 15.2 Å². The summed E-state index contributed by atoms with van der Waals surface area (Å²) in [5, 5.41) is 3.01. The molecule has 1 aromatic heterocycles. The number of aromatic nitrogens is 2. The molecule has 23 heavy (non-hydrogen) atoms. The van der Waals surface area contributed by atoms with E-state index in [9.17, 15) is 4.79 Å². The van der Waals surface area contributed by atoms with Crippen LogP contribution in [0.5, 0.6) is 0 Å². The molecular formula is C17H22N4O2. The number of para-hydroxylation sites is 1. The summed E-state index contributed by atoms with van der Waals surface area (Å²) in [6, 6.07) is 7.77. The lowest BCUT2D eigenvalue weighted by Gasteiger charge is -2.30. The molecule has 122 valence electrons. The van der Waals surface area contributed by atoms with Gasteiger partial charge in [-0.15, -0.1) is 0 Å². The summed E-state index contributed by atoms with van der Waals surface area (Å²) in [7, 11) is 0. The Morgan fingerprint density at radius 2 is 2.09 bits per heavy atom. The molecule has 0 aliphatic carbocycles. The number of aryl methyl sites for hydroxylation is 1. The molecule has 1 aliphatic heterocycles. The van der Waals surface area contributed by atoms with Crippen molar-refractivity contribution in [2.75, 3.05) is 37.7 Å². The molecule has 3 rings (SSSR count). The molecule has 2 heterocycles. The third-order valence-corrected chi connectivity index (χ3v) is 3.94. The maximum atomic E-state index is 12.5. The minimum absolute atomic E-state index is 0.0160. The number of hydrogen-bond donors (Lipinski definition) is 1. The zero-order valence-corrected chi connectivity index (χ0v) is 13.1. The number of rotatable bonds is 6. The molecule has 0 radical (unpaired) electrons. The monoisotopic (exact) mass is 314 g/mol. The lowest BCUT2D eigenvalue weighted by atomic mass is 10.1. The summed E-state index contributed by atoms with van der Waals surface area (Å²) in [4.78, 5) is 18.7. The first-order valence-corrected chi connectivity index (χ1v) is 8.00. The summed E-state index contributed by atoms with van der Waals surface area (Å²) < 4.78 is 7.39. The van der Waals surface area contributed by atoms with Crippen molar-refractivity contribution < 1.29 is 9.53 Å². The summed E-state index contributed by atoms with van der Waals surface area (Å²) in [5.41, 5.74) is 1.72. The van der Waals surface area contributed by atoms with Crippen molar-refractivity contribution in [2.24, 2.45) is 0 Å². The van der Waals surface area contributed by atoms with Gasteiger partial charge in [0.15, 0.2) is 0 Å². The highest BCUT2D eigenvalue weighted by Gasteiger charge is 2.17. The van der Waals surface area contributed by atoms with Gasteiger partial charge in [0, 0.05) is 44.3 Å². The second-order valence-corrected chi connectivity index (χ2v) is 5.53. The van der Waals surface area contributed by atoms with Crippen molar-refractivity contribution in [1.29, 1.82) is 0 Å². The fourth-order valence-corrected chi connectivity index (χ4v) is 2.72. The Morgan fingerprint density at radius 3 is 2.87 bits per heavy atom. The normalized spacial score (nSPS) is 14.7. The van der Waals surface area contributed by atoms with Crippen LogP contribution in [0.3, 0.4) is 0 Å². The molecule has 2 aromatic rings. The quantitative estimate of drug-likeness (QED) is 0.822. The molecule has 0 saturated carbocycles. The third-order valence-electron chi connectivity index (χ3n) is 3.94. The average Bonchev–Trinajstić information content (AvgIpc) is 3.13. The van der Waals surface area contributed by atoms with E-state index in [1.54, 1.807) is 12.5 Å². The zero-order chi connectivity index (χ0) is 15.9. The number of nitrogens with zero attached hydrogens (tertiary/aromatic N) is 3. The van der Waals surface area contributed by atoms with Crippen LogP contribution in [0.2, 0.25) is 0 Å². The average molecular weight is 314 g/mol. The molecule has 0 atom stereocenters. The van der Waals surface area contributed by atoms with Crippen LogP contribution in [0.15, 0.2) is 43.0 Å². The topological polar surface area (TPSA) is 59.4 Å². The van der Waals surface area contributed by atoms with Gasteiger partial charge in [-0.2, -0.15) is 0 Å². The van der Waals surface area contributed by atoms with E-state index in [1.165, 1.54) is 0 Å². The minimum Gasteiger partial charge on any atom is -0.378 e. The van der Waals surface area contributed by atoms with Crippen molar-refractivity contribution in [1.82, 2.24) is 14.9 Å². The van der Waals surface area contributed by atoms with E-state index in [1.807, 2.05) is 35.0 Å². The third kappa shape index (κ3) is 4.10. The molecule has 1 aliphatic rings. The van der Waals surface area contributed by atoms with Crippen LogP contribution in [-0.4, -0.2) is 48.3 Å². The van der Waals surface area contributed by atoms with E-state index >= 15 is 0 Å². The van der Waals surface area contributed by atoms with Gasteiger partial charge >= 0.3 is 0 Å². The van der Waals surface area contributed by atoms with Crippen LogP contribution in [0, 0.1) is 0 Å². The Hall–Kier alpha value is -2.34. The van der Waals surface area contributed by atoms with Crippen molar-refractivity contribution >= 4 is 11.6 Å². The fourth-order valence-electron chi connectivity index (χ4n) is 2.72. The molecule has 0 bridgehead atoms. The van der Waals surface area contributed by atoms with Crippen LogP contribution < -0.4 is 10.2 Å². The van der Waals surface area contributed by atoms with Crippen LogP contribution in [-0.2, 0) is 11.3 Å². The number of ether oxygens (including phenoxy) is 1. The Labute approximate surface area is 136 Å². The number of anilines is 1. The van der Waals surface area contributed by atoms with Gasteiger partial charge in [0.05, 0.1) is 25.1 Å². The van der Waals surface area contributed by atoms with Crippen LogP contribution >= 0.6 is 0 Å². The van der Waals surface area contributed by atoms with E-state index in [0.29, 0.717) is 19.8 Å². The van der Waals surface area contributed by atoms with Crippen molar-refractivity contribution in [3.63, 3.8) is 0 Å². The molecule has 1 aromatic carbocycles. The number of benzene rings is 1. The molecular weight excluding hydrogens is 292 g/mol. The van der Waals surface area contributed by atoms with Gasteiger partial charge < -0.3 is 19.5 Å². The molecule has 1 fully saturated rings. The molecule has 1 saturated heterocycles. The lowest BCUT2D eigenvalue weighted by Crippen LogP contribution is -2.38. The first kappa shape index (κ1) is 15.6. The van der Waals surface area contributed by atoms with Gasteiger partial charge in [0.1, 0.15) is 0 Å². The Bertz CT molecular complexity index is 621. The number of morpholine rings is 1. The minimum atomic E-state index is -0.0160. The Balaban J connectivity index is 1.56. The van der Waals surface area contributed by atoms with Gasteiger partial charge in [-0.1, -0.05) is 12.1 Å². The second-order valence-electron chi connectivity index (χ2n) is 5.53. The summed E-state index contributed by atoms with van der Waals surface area (Å²) in [5.74, 6) is -0.0160. The maximum absolute atomic E-state index is 12.5. The zero-order valence-electron chi connectivity index (χ0n) is 13.1.